The van der Waals surface area contributed by atoms with Gasteiger partial charge in [0.25, 0.3) is 0 Å². The summed E-state index contributed by atoms with van der Waals surface area (Å²) in [5, 5.41) is 2.14. The van der Waals surface area contributed by atoms with E-state index in [1.807, 2.05) is 11.3 Å². The molecule has 2 aromatic rings. The lowest BCUT2D eigenvalue weighted by atomic mass is 10.1. The minimum atomic E-state index is 0.172. The Hall–Kier alpha value is -0.680. The zero-order chi connectivity index (χ0) is 11.8. The fourth-order valence-electron chi connectivity index (χ4n) is 2.46. The van der Waals surface area contributed by atoms with E-state index < -0.39 is 0 Å². The molecular formula is C13H16N2S2. The summed E-state index contributed by atoms with van der Waals surface area (Å²) in [7, 11) is 0. The average Bonchev–Trinajstić information content (AvgIpc) is 2.96. The summed E-state index contributed by atoms with van der Waals surface area (Å²) in [6, 6.07) is 4.67. The summed E-state index contributed by atoms with van der Waals surface area (Å²) in [5.74, 6) is 5.75. The molecular weight excluding hydrogens is 248 g/mol. The Morgan fingerprint density at radius 3 is 2.94 bits per heavy atom. The van der Waals surface area contributed by atoms with E-state index in [9.17, 15) is 0 Å². The lowest BCUT2D eigenvalue weighted by Gasteiger charge is -2.13. The molecule has 0 radical (unpaired) electrons. The van der Waals surface area contributed by atoms with Gasteiger partial charge < -0.3 is 0 Å². The van der Waals surface area contributed by atoms with Gasteiger partial charge in [0.2, 0.25) is 0 Å². The molecule has 0 amide bonds. The lowest BCUT2D eigenvalue weighted by molar-refractivity contribution is 0.653. The molecule has 1 atom stereocenters. The smallest absolute Gasteiger partial charge is 0.0897 e. The van der Waals surface area contributed by atoms with Gasteiger partial charge in [0.15, 0.2) is 0 Å². The van der Waals surface area contributed by atoms with E-state index in [0.717, 1.165) is 0 Å². The number of nitrogens with one attached hydrogen (secondary N) is 1. The van der Waals surface area contributed by atoms with Crippen LogP contribution in [0.15, 0.2) is 17.5 Å². The van der Waals surface area contributed by atoms with Crippen molar-refractivity contribution in [3.63, 3.8) is 0 Å². The fourth-order valence-corrected chi connectivity index (χ4v) is 4.87. The van der Waals surface area contributed by atoms with Crippen LogP contribution in [0.1, 0.15) is 38.2 Å². The monoisotopic (exact) mass is 264 g/mol. The molecule has 90 valence electrons. The van der Waals surface area contributed by atoms with E-state index in [0.29, 0.717) is 0 Å². The number of aryl methyl sites for hydroxylation is 3. The maximum atomic E-state index is 5.75. The van der Waals surface area contributed by atoms with Crippen molar-refractivity contribution in [2.75, 3.05) is 0 Å². The fraction of sp³-hybridized carbons (Fsp3) is 0.385. The topological polar surface area (TPSA) is 38.0 Å². The molecule has 4 heteroatoms. The van der Waals surface area contributed by atoms with E-state index in [1.165, 1.54) is 34.6 Å². The van der Waals surface area contributed by atoms with Crippen molar-refractivity contribution in [1.82, 2.24) is 5.43 Å². The summed E-state index contributed by atoms with van der Waals surface area (Å²) < 4.78 is 0. The second-order valence-corrected chi connectivity index (χ2v) is 6.63. The Bertz CT molecular complexity index is 506. The van der Waals surface area contributed by atoms with Crippen molar-refractivity contribution in [2.45, 2.75) is 32.2 Å². The Balaban J connectivity index is 1.97. The number of thiophene rings is 2. The van der Waals surface area contributed by atoms with Gasteiger partial charge in [-0.25, -0.2) is 5.43 Å². The van der Waals surface area contributed by atoms with Crippen LogP contribution in [-0.4, -0.2) is 0 Å². The Morgan fingerprint density at radius 2 is 2.29 bits per heavy atom. The minimum absolute atomic E-state index is 0.172. The minimum Gasteiger partial charge on any atom is -0.271 e. The number of hydrazine groups is 1. The van der Waals surface area contributed by atoms with Crippen LogP contribution in [-0.2, 0) is 12.8 Å². The van der Waals surface area contributed by atoms with Crippen LogP contribution in [0.5, 0.6) is 0 Å². The highest BCUT2D eigenvalue weighted by atomic mass is 32.1. The molecule has 0 bridgehead atoms. The first-order valence-corrected chi connectivity index (χ1v) is 7.61. The van der Waals surface area contributed by atoms with Crippen LogP contribution in [0.25, 0.3) is 0 Å². The molecule has 0 fully saturated rings. The summed E-state index contributed by atoms with van der Waals surface area (Å²) in [6.45, 7) is 2.15. The van der Waals surface area contributed by atoms with Gasteiger partial charge in [-0.05, 0) is 54.8 Å². The molecule has 2 nitrogen and oxygen atoms in total. The van der Waals surface area contributed by atoms with Crippen LogP contribution in [0.4, 0.5) is 0 Å². The van der Waals surface area contributed by atoms with Crippen molar-refractivity contribution in [1.29, 1.82) is 0 Å². The third-order valence-electron chi connectivity index (χ3n) is 3.38. The van der Waals surface area contributed by atoms with Crippen LogP contribution < -0.4 is 11.3 Å². The second-order valence-electron chi connectivity index (χ2n) is 4.52. The molecule has 1 aliphatic rings. The van der Waals surface area contributed by atoms with Gasteiger partial charge in [-0.2, -0.15) is 0 Å². The average molecular weight is 264 g/mol. The number of fused-ring (bicyclic) bond motifs is 1. The molecule has 0 saturated heterocycles. The van der Waals surface area contributed by atoms with Gasteiger partial charge >= 0.3 is 0 Å². The van der Waals surface area contributed by atoms with E-state index in [4.69, 9.17) is 5.84 Å². The van der Waals surface area contributed by atoms with Gasteiger partial charge in [0.05, 0.1) is 6.04 Å². The molecule has 17 heavy (non-hydrogen) atoms. The lowest BCUT2D eigenvalue weighted by Crippen LogP contribution is -2.28. The summed E-state index contributed by atoms with van der Waals surface area (Å²) >= 11 is 3.71. The quantitative estimate of drug-likeness (QED) is 0.660. The maximum absolute atomic E-state index is 5.75. The normalized spacial score (nSPS) is 16.1. The zero-order valence-corrected chi connectivity index (χ0v) is 11.5. The molecule has 0 saturated carbocycles. The number of hydrogen-bond donors (Lipinski definition) is 2. The third kappa shape index (κ3) is 1.95. The first-order chi connectivity index (χ1) is 8.29. The van der Waals surface area contributed by atoms with Crippen molar-refractivity contribution in [3.05, 3.63) is 43.3 Å². The summed E-state index contributed by atoms with van der Waals surface area (Å²) in [5.41, 5.74) is 5.84. The Morgan fingerprint density at radius 1 is 1.41 bits per heavy atom. The predicted octanol–water partition coefficient (Wildman–Crippen LogP) is 3.16. The van der Waals surface area contributed by atoms with E-state index in [2.05, 4.69) is 29.9 Å². The number of hydrogen-bond acceptors (Lipinski definition) is 4. The Labute approximate surface area is 109 Å². The highest BCUT2D eigenvalue weighted by molar-refractivity contribution is 7.13. The molecule has 1 unspecified atom stereocenters. The Kier molecular flexibility index (Phi) is 3.04. The summed E-state index contributed by atoms with van der Waals surface area (Å²) in [6.07, 6.45) is 3.81. The highest BCUT2D eigenvalue weighted by Crippen LogP contribution is 2.37. The van der Waals surface area contributed by atoms with Crippen LogP contribution in [0, 0.1) is 6.92 Å². The molecule has 2 heterocycles. The van der Waals surface area contributed by atoms with Crippen molar-refractivity contribution < 1.29 is 0 Å². The number of nitrogens with two attached hydrogens (primary N) is 1. The van der Waals surface area contributed by atoms with Crippen LogP contribution >= 0.6 is 22.7 Å². The molecule has 2 aromatic heterocycles. The van der Waals surface area contributed by atoms with Crippen molar-refractivity contribution in [2.24, 2.45) is 5.84 Å². The SMILES string of the molecule is Cc1ccsc1C(NN)c1cc2c(s1)CCC2. The van der Waals surface area contributed by atoms with Gasteiger partial charge in [-0.1, -0.05) is 0 Å². The molecule has 0 aliphatic heterocycles. The molecule has 1 aliphatic carbocycles. The molecule has 3 rings (SSSR count). The van der Waals surface area contributed by atoms with E-state index in [1.54, 1.807) is 21.8 Å². The van der Waals surface area contributed by atoms with Crippen molar-refractivity contribution >= 4 is 22.7 Å². The maximum Gasteiger partial charge on any atom is 0.0897 e. The van der Waals surface area contributed by atoms with Crippen LogP contribution in [0.2, 0.25) is 0 Å². The van der Waals surface area contributed by atoms with Gasteiger partial charge in [-0.3, -0.25) is 5.84 Å². The third-order valence-corrected chi connectivity index (χ3v) is 5.77. The van der Waals surface area contributed by atoms with E-state index >= 15 is 0 Å². The van der Waals surface area contributed by atoms with Crippen LogP contribution in [0.3, 0.4) is 0 Å². The number of rotatable bonds is 3. The highest BCUT2D eigenvalue weighted by Gasteiger charge is 2.22. The molecule has 3 N–H and O–H groups in total. The van der Waals surface area contributed by atoms with Crippen molar-refractivity contribution in [3.8, 4) is 0 Å². The second kappa shape index (κ2) is 4.53. The molecule has 0 spiro atoms. The van der Waals surface area contributed by atoms with Gasteiger partial charge in [-0.15, -0.1) is 22.7 Å². The summed E-state index contributed by atoms with van der Waals surface area (Å²) in [4.78, 5) is 4.27. The first-order valence-electron chi connectivity index (χ1n) is 5.91. The standard InChI is InChI=1S/C13H16N2S2/c1-8-5-6-16-13(8)12(15-14)11-7-9-3-2-4-10(9)17-11/h5-7,12,15H,2-4,14H2,1H3. The molecule has 0 aromatic carbocycles. The van der Waals surface area contributed by atoms with Gasteiger partial charge in [0, 0.05) is 14.6 Å². The van der Waals surface area contributed by atoms with Gasteiger partial charge in [0.1, 0.15) is 0 Å². The van der Waals surface area contributed by atoms with E-state index in [-0.39, 0.29) is 6.04 Å². The largest absolute Gasteiger partial charge is 0.271 e. The zero-order valence-electron chi connectivity index (χ0n) is 9.82. The predicted molar refractivity (Wildman–Crippen MR) is 74.6 cm³/mol. The first kappa shape index (κ1) is 11.4.